The molecular formula is C16H23NO3S. The van der Waals surface area contributed by atoms with Crippen LogP contribution in [0.5, 0.6) is 0 Å². The maximum atomic E-state index is 12.8. The molecule has 0 heterocycles. The number of aliphatic hydroxyl groups is 1. The lowest BCUT2D eigenvalue weighted by molar-refractivity contribution is 0.350. The minimum atomic E-state index is -3.57. The van der Waals surface area contributed by atoms with Gasteiger partial charge in [-0.15, -0.1) is 0 Å². The van der Waals surface area contributed by atoms with Gasteiger partial charge in [-0.2, -0.15) is 4.31 Å². The third-order valence-electron chi connectivity index (χ3n) is 3.37. The van der Waals surface area contributed by atoms with Gasteiger partial charge in [-0.3, -0.25) is 0 Å². The predicted octanol–water partition coefficient (Wildman–Crippen LogP) is 2.09. The maximum Gasteiger partial charge on any atom is 0.244 e. The minimum Gasteiger partial charge on any atom is -0.384 e. The van der Waals surface area contributed by atoms with E-state index in [1.54, 1.807) is 24.3 Å². The van der Waals surface area contributed by atoms with Crippen molar-refractivity contribution in [1.29, 1.82) is 0 Å². The molecule has 0 aliphatic carbocycles. The van der Waals surface area contributed by atoms with Crippen LogP contribution < -0.4 is 0 Å². The van der Waals surface area contributed by atoms with E-state index in [0.29, 0.717) is 24.6 Å². The fourth-order valence-corrected chi connectivity index (χ4v) is 3.66. The highest BCUT2D eigenvalue weighted by atomic mass is 32.2. The summed E-state index contributed by atoms with van der Waals surface area (Å²) in [6.07, 6.45) is 0.929. The Morgan fingerprint density at radius 1 is 1.29 bits per heavy atom. The van der Waals surface area contributed by atoms with E-state index < -0.39 is 10.0 Å². The molecule has 1 aromatic rings. The number of nitrogens with zero attached hydrogens (tertiary/aromatic N) is 1. The quantitative estimate of drug-likeness (QED) is 0.819. The van der Waals surface area contributed by atoms with Crippen molar-refractivity contribution in [2.24, 2.45) is 5.92 Å². The van der Waals surface area contributed by atoms with Crippen LogP contribution in [0.1, 0.15) is 32.8 Å². The van der Waals surface area contributed by atoms with E-state index in [-0.39, 0.29) is 11.5 Å². The summed E-state index contributed by atoms with van der Waals surface area (Å²) < 4.78 is 27.1. The number of hydrogen-bond acceptors (Lipinski definition) is 3. The third kappa shape index (κ3) is 4.57. The first kappa shape index (κ1) is 17.7. The van der Waals surface area contributed by atoms with Gasteiger partial charge in [0, 0.05) is 18.7 Å². The molecule has 4 nitrogen and oxygen atoms in total. The summed E-state index contributed by atoms with van der Waals surface area (Å²) >= 11 is 0. The Balaban J connectivity index is 3.23. The highest BCUT2D eigenvalue weighted by Crippen LogP contribution is 2.21. The molecule has 1 N–H and O–H groups in total. The van der Waals surface area contributed by atoms with E-state index >= 15 is 0 Å². The van der Waals surface area contributed by atoms with E-state index in [2.05, 4.69) is 11.8 Å². The first-order valence-electron chi connectivity index (χ1n) is 7.16. The van der Waals surface area contributed by atoms with Crippen molar-refractivity contribution in [1.82, 2.24) is 4.31 Å². The summed E-state index contributed by atoms with van der Waals surface area (Å²) in [6, 6.07) is 6.65. The highest BCUT2D eigenvalue weighted by molar-refractivity contribution is 7.89. The van der Waals surface area contributed by atoms with Crippen LogP contribution in [0.15, 0.2) is 29.2 Å². The van der Waals surface area contributed by atoms with Gasteiger partial charge in [-0.1, -0.05) is 51.2 Å². The molecule has 21 heavy (non-hydrogen) atoms. The molecule has 0 saturated heterocycles. The van der Waals surface area contributed by atoms with Crippen molar-refractivity contribution in [3.8, 4) is 11.8 Å². The van der Waals surface area contributed by atoms with Crippen LogP contribution in [-0.2, 0) is 10.0 Å². The summed E-state index contributed by atoms with van der Waals surface area (Å²) in [5.41, 5.74) is 0.425. The van der Waals surface area contributed by atoms with Gasteiger partial charge in [0.05, 0.1) is 4.90 Å². The smallest absolute Gasteiger partial charge is 0.244 e. The first-order valence-corrected chi connectivity index (χ1v) is 8.60. The second-order valence-electron chi connectivity index (χ2n) is 4.93. The molecule has 1 atom stereocenters. The molecule has 5 heteroatoms. The average molecular weight is 309 g/mol. The standard InChI is InChI=1S/C16H23NO3S/c1-4-14(3)13-17(5-2)21(19,20)16-11-7-6-9-15(16)10-8-12-18/h6-7,9,11,14,18H,4-5,12-13H2,1-3H3. The Hall–Kier alpha value is -1.35. The average Bonchev–Trinajstić information content (AvgIpc) is 2.50. The number of aliphatic hydroxyl groups excluding tert-OH is 1. The van der Waals surface area contributed by atoms with Crippen molar-refractivity contribution in [3.05, 3.63) is 29.8 Å². The van der Waals surface area contributed by atoms with Gasteiger partial charge in [-0.25, -0.2) is 8.42 Å². The molecule has 0 aromatic heterocycles. The molecule has 0 saturated carbocycles. The monoisotopic (exact) mass is 309 g/mol. The summed E-state index contributed by atoms with van der Waals surface area (Å²) in [5, 5.41) is 8.79. The molecule has 0 radical (unpaired) electrons. The third-order valence-corrected chi connectivity index (χ3v) is 5.37. The molecule has 0 aliphatic rings. The van der Waals surface area contributed by atoms with Crippen LogP contribution in [0, 0.1) is 17.8 Å². The molecule has 1 aromatic carbocycles. The van der Waals surface area contributed by atoms with Crippen LogP contribution in [0.4, 0.5) is 0 Å². The zero-order chi connectivity index (χ0) is 15.9. The van der Waals surface area contributed by atoms with E-state index in [1.165, 1.54) is 4.31 Å². The van der Waals surface area contributed by atoms with E-state index in [4.69, 9.17) is 5.11 Å². The molecule has 1 rings (SSSR count). The largest absolute Gasteiger partial charge is 0.384 e. The molecule has 1 unspecified atom stereocenters. The zero-order valence-electron chi connectivity index (χ0n) is 12.8. The number of rotatable bonds is 6. The summed E-state index contributed by atoms with van der Waals surface area (Å²) in [4.78, 5) is 0.205. The van der Waals surface area contributed by atoms with Crippen LogP contribution in [0.2, 0.25) is 0 Å². The zero-order valence-corrected chi connectivity index (χ0v) is 13.7. The van der Waals surface area contributed by atoms with E-state index in [9.17, 15) is 8.42 Å². The lowest BCUT2D eigenvalue weighted by atomic mass is 10.1. The lowest BCUT2D eigenvalue weighted by Crippen LogP contribution is -2.34. The maximum absolute atomic E-state index is 12.8. The van der Waals surface area contributed by atoms with Crippen LogP contribution in [-0.4, -0.2) is 37.5 Å². The molecule has 0 aliphatic heterocycles. The van der Waals surface area contributed by atoms with Gasteiger partial charge >= 0.3 is 0 Å². The van der Waals surface area contributed by atoms with Gasteiger partial charge in [0.2, 0.25) is 10.0 Å². The number of benzene rings is 1. The molecule has 0 spiro atoms. The molecule has 116 valence electrons. The van der Waals surface area contributed by atoms with Gasteiger partial charge in [-0.05, 0) is 18.1 Å². The molecular weight excluding hydrogens is 286 g/mol. The Morgan fingerprint density at radius 2 is 1.95 bits per heavy atom. The van der Waals surface area contributed by atoms with Gasteiger partial charge in [0.25, 0.3) is 0 Å². The van der Waals surface area contributed by atoms with Crippen molar-refractivity contribution in [2.45, 2.75) is 32.1 Å². The Bertz CT molecular complexity index is 614. The second kappa shape index (κ2) is 8.18. The Kier molecular flexibility index (Phi) is 6.90. The fraction of sp³-hybridized carbons (Fsp3) is 0.500. The van der Waals surface area contributed by atoms with Crippen molar-refractivity contribution in [2.75, 3.05) is 19.7 Å². The predicted molar refractivity (Wildman–Crippen MR) is 84.3 cm³/mol. The number of sulfonamides is 1. The summed E-state index contributed by atoms with van der Waals surface area (Å²) in [6.45, 7) is 6.55. The molecule has 0 bridgehead atoms. The van der Waals surface area contributed by atoms with Crippen LogP contribution in [0.25, 0.3) is 0 Å². The van der Waals surface area contributed by atoms with E-state index in [1.807, 2.05) is 20.8 Å². The highest BCUT2D eigenvalue weighted by Gasteiger charge is 2.26. The normalized spacial score (nSPS) is 12.8. The number of hydrogen-bond donors (Lipinski definition) is 1. The van der Waals surface area contributed by atoms with Gasteiger partial charge in [0.15, 0.2) is 0 Å². The van der Waals surface area contributed by atoms with Crippen molar-refractivity contribution < 1.29 is 13.5 Å². The topological polar surface area (TPSA) is 57.6 Å². The SMILES string of the molecule is CCC(C)CN(CC)S(=O)(=O)c1ccccc1C#CCO. The minimum absolute atomic E-state index is 0.205. The van der Waals surface area contributed by atoms with Crippen molar-refractivity contribution in [3.63, 3.8) is 0 Å². The van der Waals surface area contributed by atoms with Crippen LogP contribution in [0.3, 0.4) is 0 Å². The van der Waals surface area contributed by atoms with Gasteiger partial charge < -0.3 is 5.11 Å². The van der Waals surface area contributed by atoms with Crippen LogP contribution >= 0.6 is 0 Å². The lowest BCUT2D eigenvalue weighted by Gasteiger charge is -2.24. The summed E-state index contributed by atoms with van der Waals surface area (Å²) in [7, 11) is -3.57. The second-order valence-corrected chi connectivity index (χ2v) is 6.83. The Morgan fingerprint density at radius 3 is 2.52 bits per heavy atom. The summed E-state index contributed by atoms with van der Waals surface area (Å²) in [5.74, 6) is 5.52. The molecule has 0 amide bonds. The first-order chi connectivity index (χ1) is 9.97. The Labute approximate surface area is 127 Å². The van der Waals surface area contributed by atoms with Crippen molar-refractivity contribution >= 4 is 10.0 Å². The van der Waals surface area contributed by atoms with E-state index in [0.717, 1.165) is 6.42 Å². The fourth-order valence-electron chi connectivity index (χ4n) is 1.94. The molecule has 0 fully saturated rings. The van der Waals surface area contributed by atoms with Gasteiger partial charge in [0.1, 0.15) is 6.61 Å².